The third-order valence-corrected chi connectivity index (χ3v) is 8.21. The van der Waals surface area contributed by atoms with E-state index < -0.39 is 17.1 Å². The summed E-state index contributed by atoms with van der Waals surface area (Å²) < 4.78 is 0. The number of halogens is 1. The van der Waals surface area contributed by atoms with Crippen LogP contribution < -0.4 is 16.0 Å². The Kier molecular flexibility index (Phi) is 10.0. The van der Waals surface area contributed by atoms with Crippen molar-refractivity contribution in [2.45, 2.75) is 10.1 Å². The van der Waals surface area contributed by atoms with E-state index in [0.717, 1.165) is 10.5 Å². The number of carbonyl (C=O) groups excluding carboxylic acids is 3. The van der Waals surface area contributed by atoms with Crippen LogP contribution in [-0.4, -0.2) is 22.7 Å². The van der Waals surface area contributed by atoms with Crippen molar-refractivity contribution < 1.29 is 14.4 Å². The molecule has 0 aliphatic rings. The number of hydrogen-bond donors (Lipinski definition) is 3. The number of amides is 3. The number of benzene rings is 4. The van der Waals surface area contributed by atoms with Crippen molar-refractivity contribution >= 4 is 69.3 Å². The first-order valence-corrected chi connectivity index (χ1v) is 15.3. The first-order chi connectivity index (χ1) is 20.9. The van der Waals surface area contributed by atoms with Crippen LogP contribution in [0.3, 0.4) is 0 Å². The minimum absolute atomic E-state index is 0.0409. The first kappa shape index (κ1) is 29.8. The maximum atomic E-state index is 13.5. The highest BCUT2D eigenvalue weighted by Gasteiger charge is 2.23. The summed E-state index contributed by atoms with van der Waals surface area (Å²) in [5.74, 6) is -1.16. The van der Waals surface area contributed by atoms with E-state index in [1.807, 2.05) is 42.5 Å². The molecule has 0 saturated heterocycles. The Balaban J connectivity index is 1.37. The van der Waals surface area contributed by atoms with Gasteiger partial charge in [0.2, 0.25) is 5.91 Å². The molecule has 7 nitrogen and oxygen atoms in total. The molecule has 0 fully saturated rings. The van der Waals surface area contributed by atoms with Gasteiger partial charge in [0, 0.05) is 32.7 Å². The fourth-order valence-electron chi connectivity index (χ4n) is 4.04. The van der Waals surface area contributed by atoms with Crippen LogP contribution in [0.15, 0.2) is 131 Å². The van der Waals surface area contributed by atoms with Crippen molar-refractivity contribution in [3.63, 3.8) is 0 Å². The summed E-state index contributed by atoms with van der Waals surface area (Å²) in [5, 5.41) is 10.7. The molecular weight excluding hydrogens is 600 g/mol. The Morgan fingerprint density at radius 2 is 1.58 bits per heavy atom. The normalized spacial score (nSPS) is 11.8. The number of aromatic nitrogens is 1. The molecule has 5 aromatic rings. The third-order valence-electron chi connectivity index (χ3n) is 6.04. The summed E-state index contributed by atoms with van der Waals surface area (Å²) in [7, 11) is 0. The molecule has 1 aromatic heterocycles. The van der Waals surface area contributed by atoms with E-state index in [-0.39, 0.29) is 11.6 Å². The van der Waals surface area contributed by atoms with Gasteiger partial charge in [0.1, 0.15) is 10.9 Å². The van der Waals surface area contributed by atoms with Crippen molar-refractivity contribution in [3.05, 3.63) is 148 Å². The molecule has 5 rings (SSSR count). The molecule has 0 aliphatic carbocycles. The highest BCUT2D eigenvalue weighted by Crippen LogP contribution is 2.37. The van der Waals surface area contributed by atoms with Crippen molar-refractivity contribution in [2.75, 3.05) is 10.6 Å². The van der Waals surface area contributed by atoms with Gasteiger partial charge in [0.05, 0.1) is 0 Å². The Morgan fingerprint density at radius 1 is 0.837 bits per heavy atom. The van der Waals surface area contributed by atoms with Crippen molar-refractivity contribution in [1.82, 2.24) is 10.3 Å². The molecule has 1 atom stereocenters. The highest BCUT2D eigenvalue weighted by atomic mass is 35.5. The molecule has 0 radical (unpaired) electrons. The van der Waals surface area contributed by atoms with E-state index >= 15 is 0 Å². The molecule has 1 heterocycles. The summed E-state index contributed by atoms with van der Waals surface area (Å²) >= 11 is 8.84. The number of carbonyl (C=O) groups is 3. The molecule has 0 aliphatic heterocycles. The molecule has 10 heteroatoms. The Bertz CT molecular complexity index is 1750. The second-order valence-corrected chi connectivity index (χ2v) is 11.7. The fraction of sp³-hybridized carbons (Fsp3) is 0.0303. The van der Waals surface area contributed by atoms with Crippen molar-refractivity contribution in [1.29, 1.82) is 0 Å². The van der Waals surface area contributed by atoms with Crippen LogP contribution in [0.5, 0.6) is 0 Å². The SMILES string of the molecule is O=C(Nc1cccc(SC(C(=O)Nc2nccs2)c2ccccc2)c1)/C(=C/c1cccc(Cl)c1)NC(=O)c1ccccc1. The topological polar surface area (TPSA) is 100 Å². The van der Waals surface area contributed by atoms with Crippen molar-refractivity contribution in [3.8, 4) is 0 Å². The van der Waals surface area contributed by atoms with Crippen LogP contribution in [-0.2, 0) is 9.59 Å². The number of hydrogen-bond acceptors (Lipinski definition) is 6. The van der Waals surface area contributed by atoms with E-state index in [0.29, 0.717) is 27.0 Å². The lowest BCUT2D eigenvalue weighted by Gasteiger charge is -2.17. The average molecular weight is 625 g/mol. The lowest BCUT2D eigenvalue weighted by Crippen LogP contribution is -2.30. The molecule has 43 heavy (non-hydrogen) atoms. The van der Waals surface area contributed by atoms with Crippen molar-refractivity contribution in [2.24, 2.45) is 0 Å². The maximum absolute atomic E-state index is 13.5. The average Bonchev–Trinajstić information content (AvgIpc) is 3.53. The molecule has 1 unspecified atom stereocenters. The number of nitrogens with zero attached hydrogens (tertiary/aromatic N) is 1. The van der Waals surface area contributed by atoms with Gasteiger partial charge in [-0.3, -0.25) is 14.4 Å². The first-order valence-electron chi connectivity index (χ1n) is 13.1. The minimum atomic E-state index is -0.570. The number of thioether (sulfide) groups is 1. The smallest absolute Gasteiger partial charge is 0.272 e. The quantitative estimate of drug-likeness (QED) is 0.109. The molecule has 4 aromatic carbocycles. The zero-order valence-corrected chi connectivity index (χ0v) is 25.0. The van der Waals surface area contributed by atoms with Crippen LogP contribution in [0.2, 0.25) is 5.02 Å². The summed E-state index contributed by atoms with van der Waals surface area (Å²) in [6.07, 6.45) is 3.20. The predicted molar refractivity (Wildman–Crippen MR) is 174 cm³/mol. The van der Waals surface area contributed by atoms with Gasteiger partial charge in [-0.2, -0.15) is 0 Å². The van der Waals surface area contributed by atoms with Gasteiger partial charge in [-0.1, -0.05) is 78.3 Å². The Morgan fingerprint density at radius 3 is 2.30 bits per heavy atom. The number of rotatable bonds is 10. The molecular formula is C33H25ClN4O3S2. The molecule has 3 amide bonds. The van der Waals surface area contributed by atoms with E-state index in [2.05, 4.69) is 20.9 Å². The number of anilines is 2. The van der Waals surface area contributed by atoms with Gasteiger partial charge in [-0.15, -0.1) is 23.1 Å². The molecule has 214 valence electrons. The van der Waals surface area contributed by atoms with Crippen LogP contribution in [0, 0.1) is 0 Å². The Hall–Kier alpha value is -4.70. The van der Waals surface area contributed by atoms with Gasteiger partial charge in [0.15, 0.2) is 5.13 Å². The fourth-order valence-corrected chi connectivity index (χ4v) is 5.86. The van der Waals surface area contributed by atoms with E-state index in [9.17, 15) is 14.4 Å². The third kappa shape index (κ3) is 8.42. The van der Waals surface area contributed by atoms with Crippen LogP contribution in [0.4, 0.5) is 10.8 Å². The van der Waals surface area contributed by atoms with Crippen LogP contribution in [0.1, 0.15) is 26.7 Å². The van der Waals surface area contributed by atoms with Crippen LogP contribution >= 0.6 is 34.7 Å². The highest BCUT2D eigenvalue weighted by molar-refractivity contribution is 8.00. The molecule has 3 N–H and O–H groups in total. The summed E-state index contributed by atoms with van der Waals surface area (Å²) in [6.45, 7) is 0. The largest absolute Gasteiger partial charge is 0.321 e. The number of nitrogens with one attached hydrogen (secondary N) is 3. The molecule has 0 bridgehead atoms. The lowest BCUT2D eigenvalue weighted by atomic mass is 10.1. The number of thiazole rings is 1. The lowest BCUT2D eigenvalue weighted by molar-refractivity contribution is -0.116. The summed E-state index contributed by atoms with van der Waals surface area (Å²) in [6, 6.07) is 32.2. The van der Waals surface area contributed by atoms with Gasteiger partial charge in [-0.05, 0) is 59.7 Å². The maximum Gasteiger partial charge on any atom is 0.272 e. The zero-order valence-electron chi connectivity index (χ0n) is 22.6. The summed E-state index contributed by atoms with van der Waals surface area (Å²) in [5.41, 5.74) is 2.42. The standard InChI is InChI=1S/C33H25ClN4O3S2/c34-25-14-7-9-22(19-25)20-28(37-30(39)24-12-5-2-6-13-24)31(40)36-26-15-8-16-27(21-26)43-29(23-10-3-1-4-11-23)32(41)38-33-35-17-18-42-33/h1-21,29H,(H,36,40)(H,37,39)(H,35,38,41)/b28-20-. The zero-order chi connectivity index (χ0) is 30.0. The summed E-state index contributed by atoms with van der Waals surface area (Å²) in [4.78, 5) is 44.7. The van der Waals surface area contributed by atoms with E-state index in [1.165, 1.54) is 23.1 Å². The van der Waals surface area contributed by atoms with Gasteiger partial charge >= 0.3 is 0 Å². The second-order valence-electron chi connectivity index (χ2n) is 9.15. The molecule has 0 saturated carbocycles. The molecule has 0 spiro atoms. The second kappa shape index (κ2) is 14.5. The van der Waals surface area contributed by atoms with E-state index in [1.54, 1.807) is 84.4 Å². The van der Waals surface area contributed by atoms with E-state index in [4.69, 9.17) is 11.6 Å². The minimum Gasteiger partial charge on any atom is -0.321 e. The van der Waals surface area contributed by atoms with Crippen LogP contribution in [0.25, 0.3) is 6.08 Å². The van der Waals surface area contributed by atoms with Gasteiger partial charge in [-0.25, -0.2) is 4.98 Å². The van der Waals surface area contributed by atoms with Gasteiger partial charge < -0.3 is 16.0 Å². The van der Waals surface area contributed by atoms with Gasteiger partial charge in [0.25, 0.3) is 11.8 Å². The monoisotopic (exact) mass is 624 g/mol. The Labute approximate surface area is 262 Å². The predicted octanol–water partition coefficient (Wildman–Crippen LogP) is 7.68.